The number of carbonyl (C=O) groups excluding carboxylic acids is 1. The molecule has 23 heavy (non-hydrogen) atoms. The molecule has 0 saturated carbocycles. The first-order valence-corrected chi connectivity index (χ1v) is 9.64. The first-order valence-electron chi connectivity index (χ1n) is 6.70. The Morgan fingerprint density at radius 1 is 1.48 bits per heavy atom. The summed E-state index contributed by atoms with van der Waals surface area (Å²) in [6.07, 6.45) is 1.12. The number of aromatic nitrogens is 1. The zero-order valence-electron chi connectivity index (χ0n) is 12.3. The molecule has 1 aromatic heterocycles. The average Bonchev–Trinajstić information content (AvgIpc) is 2.92. The van der Waals surface area contributed by atoms with Crippen LogP contribution in [0.3, 0.4) is 0 Å². The van der Waals surface area contributed by atoms with E-state index in [2.05, 4.69) is 10.3 Å². The van der Waals surface area contributed by atoms with Gasteiger partial charge in [-0.05, 0) is 18.6 Å². The Morgan fingerprint density at radius 3 is 2.87 bits per heavy atom. The van der Waals surface area contributed by atoms with E-state index in [0.29, 0.717) is 16.4 Å². The highest BCUT2D eigenvalue weighted by Crippen LogP contribution is 2.25. The Hall–Kier alpha value is -1.84. The summed E-state index contributed by atoms with van der Waals surface area (Å²) in [5.74, 6) is -1.04. The number of carbonyl (C=O) groups is 1. The van der Waals surface area contributed by atoms with E-state index in [1.807, 2.05) is 0 Å². The molecule has 2 aromatic rings. The predicted octanol–water partition coefficient (Wildman–Crippen LogP) is 1.65. The van der Waals surface area contributed by atoms with Gasteiger partial charge < -0.3 is 11.1 Å². The number of hydrogen-bond donors (Lipinski definition) is 2. The molecule has 1 atom stereocenters. The van der Waals surface area contributed by atoms with Crippen molar-refractivity contribution < 1.29 is 17.6 Å². The van der Waals surface area contributed by atoms with Crippen LogP contribution >= 0.6 is 11.3 Å². The van der Waals surface area contributed by atoms with E-state index in [-0.39, 0.29) is 18.0 Å². The van der Waals surface area contributed by atoms with Gasteiger partial charge >= 0.3 is 0 Å². The fourth-order valence-electron chi connectivity index (χ4n) is 1.78. The Labute approximate surface area is 137 Å². The number of benzene rings is 1. The normalized spacial score (nSPS) is 12.8. The summed E-state index contributed by atoms with van der Waals surface area (Å²) >= 11 is 1.18. The van der Waals surface area contributed by atoms with Crippen molar-refractivity contribution in [3.8, 4) is 11.3 Å². The van der Waals surface area contributed by atoms with Crippen molar-refractivity contribution in [2.75, 3.05) is 17.3 Å². The summed E-state index contributed by atoms with van der Waals surface area (Å²) < 4.78 is 35.3. The van der Waals surface area contributed by atoms with Crippen LogP contribution < -0.4 is 11.1 Å². The molecule has 1 heterocycles. The standard InChI is InChI=1S/C14H16FN3O3S2/c1-23(20,21)6-5-11(16)13(19)18-14-17-12(8-22-14)9-3-2-4-10(15)7-9/h2-4,7-8,11H,5-6,16H2,1H3,(H,17,18,19). The second kappa shape index (κ2) is 7.16. The SMILES string of the molecule is CS(=O)(=O)CCC(N)C(=O)Nc1nc(-c2cccc(F)c2)cs1. The minimum atomic E-state index is -3.17. The van der Waals surface area contributed by atoms with Gasteiger partial charge in [0.1, 0.15) is 15.7 Å². The summed E-state index contributed by atoms with van der Waals surface area (Å²) in [5.41, 5.74) is 6.80. The zero-order valence-corrected chi connectivity index (χ0v) is 14.0. The van der Waals surface area contributed by atoms with Crippen molar-refractivity contribution in [1.82, 2.24) is 4.98 Å². The summed E-state index contributed by atoms with van der Waals surface area (Å²) in [5, 5.41) is 4.55. The number of rotatable bonds is 6. The van der Waals surface area contributed by atoms with Crippen molar-refractivity contribution in [3.05, 3.63) is 35.5 Å². The van der Waals surface area contributed by atoms with Gasteiger partial charge in [-0.2, -0.15) is 0 Å². The molecule has 0 bridgehead atoms. The molecule has 124 valence electrons. The molecule has 3 N–H and O–H groups in total. The quantitative estimate of drug-likeness (QED) is 0.818. The van der Waals surface area contributed by atoms with Gasteiger partial charge in [-0.3, -0.25) is 4.79 Å². The van der Waals surface area contributed by atoms with Crippen molar-refractivity contribution in [3.63, 3.8) is 0 Å². The van der Waals surface area contributed by atoms with Gasteiger partial charge in [0.15, 0.2) is 5.13 Å². The Morgan fingerprint density at radius 2 is 2.22 bits per heavy atom. The molecule has 0 aliphatic rings. The van der Waals surface area contributed by atoms with Gasteiger partial charge in [0.25, 0.3) is 0 Å². The van der Waals surface area contributed by atoms with Crippen LogP contribution in [0.1, 0.15) is 6.42 Å². The highest BCUT2D eigenvalue weighted by Gasteiger charge is 2.17. The van der Waals surface area contributed by atoms with E-state index in [9.17, 15) is 17.6 Å². The van der Waals surface area contributed by atoms with Crippen LogP contribution in [0.2, 0.25) is 0 Å². The van der Waals surface area contributed by atoms with Crippen LogP contribution in [-0.4, -0.2) is 37.4 Å². The van der Waals surface area contributed by atoms with E-state index in [1.54, 1.807) is 17.5 Å². The lowest BCUT2D eigenvalue weighted by Crippen LogP contribution is -2.37. The molecule has 9 heteroatoms. The lowest BCUT2D eigenvalue weighted by molar-refractivity contribution is -0.117. The van der Waals surface area contributed by atoms with Crippen molar-refractivity contribution in [2.45, 2.75) is 12.5 Å². The number of thiazole rings is 1. The molecule has 0 spiro atoms. The highest BCUT2D eigenvalue weighted by atomic mass is 32.2. The van der Waals surface area contributed by atoms with Gasteiger partial charge in [-0.1, -0.05) is 12.1 Å². The molecular weight excluding hydrogens is 341 g/mol. The smallest absolute Gasteiger partial charge is 0.243 e. The minimum absolute atomic E-state index is 0.0345. The number of sulfone groups is 1. The maximum atomic E-state index is 13.2. The monoisotopic (exact) mass is 357 g/mol. The third-order valence-electron chi connectivity index (χ3n) is 2.99. The summed E-state index contributed by atoms with van der Waals surface area (Å²) in [4.78, 5) is 16.1. The third kappa shape index (κ3) is 5.38. The summed E-state index contributed by atoms with van der Waals surface area (Å²) in [6, 6.07) is 5.02. The molecule has 0 aliphatic heterocycles. The second-order valence-electron chi connectivity index (χ2n) is 5.06. The minimum Gasteiger partial charge on any atom is -0.320 e. The van der Waals surface area contributed by atoms with Crippen LogP contribution in [0.25, 0.3) is 11.3 Å². The number of nitrogens with one attached hydrogen (secondary N) is 1. The van der Waals surface area contributed by atoms with Gasteiger partial charge in [0.05, 0.1) is 17.5 Å². The molecule has 1 aromatic carbocycles. The number of amides is 1. The molecule has 6 nitrogen and oxygen atoms in total. The van der Waals surface area contributed by atoms with Gasteiger partial charge in [0, 0.05) is 17.2 Å². The van der Waals surface area contributed by atoms with Gasteiger partial charge in [-0.15, -0.1) is 11.3 Å². The molecule has 1 amide bonds. The second-order valence-corrected chi connectivity index (χ2v) is 8.18. The van der Waals surface area contributed by atoms with E-state index in [0.717, 1.165) is 6.26 Å². The molecule has 0 fully saturated rings. The Bertz CT molecular complexity index is 805. The molecule has 0 saturated heterocycles. The van der Waals surface area contributed by atoms with Crippen molar-refractivity contribution >= 4 is 32.2 Å². The lowest BCUT2D eigenvalue weighted by atomic mass is 10.2. The van der Waals surface area contributed by atoms with Gasteiger partial charge in [0.2, 0.25) is 5.91 Å². The topological polar surface area (TPSA) is 102 Å². The van der Waals surface area contributed by atoms with Crippen LogP contribution in [0.15, 0.2) is 29.6 Å². The van der Waals surface area contributed by atoms with E-state index >= 15 is 0 Å². The molecule has 2 rings (SSSR count). The number of hydrogen-bond acceptors (Lipinski definition) is 6. The maximum absolute atomic E-state index is 13.2. The zero-order chi connectivity index (χ0) is 17.0. The number of nitrogens with zero attached hydrogens (tertiary/aromatic N) is 1. The van der Waals surface area contributed by atoms with Crippen LogP contribution in [0, 0.1) is 5.82 Å². The first kappa shape index (κ1) is 17.5. The molecule has 0 aliphatic carbocycles. The third-order valence-corrected chi connectivity index (χ3v) is 4.73. The first-order chi connectivity index (χ1) is 10.7. The van der Waals surface area contributed by atoms with E-state index in [4.69, 9.17) is 5.73 Å². The largest absolute Gasteiger partial charge is 0.320 e. The molecule has 1 unspecified atom stereocenters. The number of anilines is 1. The fourth-order valence-corrected chi connectivity index (χ4v) is 3.19. The Balaban J connectivity index is 2.00. The van der Waals surface area contributed by atoms with Crippen molar-refractivity contribution in [2.24, 2.45) is 5.73 Å². The maximum Gasteiger partial charge on any atom is 0.243 e. The number of nitrogens with two attached hydrogens (primary N) is 1. The highest BCUT2D eigenvalue weighted by molar-refractivity contribution is 7.90. The summed E-state index contributed by atoms with van der Waals surface area (Å²) in [6.45, 7) is 0. The Kier molecular flexibility index (Phi) is 5.45. The van der Waals surface area contributed by atoms with Crippen LogP contribution in [0.4, 0.5) is 9.52 Å². The summed E-state index contributed by atoms with van der Waals surface area (Å²) in [7, 11) is -3.17. The molecule has 0 radical (unpaired) electrons. The average molecular weight is 357 g/mol. The van der Waals surface area contributed by atoms with Crippen molar-refractivity contribution in [1.29, 1.82) is 0 Å². The lowest BCUT2D eigenvalue weighted by Gasteiger charge is -2.09. The van der Waals surface area contributed by atoms with Crippen LogP contribution in [-0.2, 0) is 14.6 Å². The van der Waals surface area contributed by atoms with E-state index < -0.39 is 21.8 Å². The predicted molar refractivity (Wildman–Crippen MR) is 88.4 cm³/mol. The van der Waals surface area contributed by atoms with Gasteiger partial charge in [-0.25, -0.2) is 17.8 Å². The number of halogens is 1. The fraction of sp³-hybridized carbons (Fsp3) is 0.286. The van der Waals surface area contributed by atoms with E-state index in [1.165, 1.54) is 23.5 Å². The molecular formula is C14H16FN3O3S2. The van der Waals surface area contributed by atoms with Crippen LogP contribution in [0.5, 0.6) is 0 Å².